The number of benzene rings is 2. The molecular formula is C16H13NO3S. The molecular weight excluding hydrogens is 286 g/mol. The van der Waals surface area contributed by atoms with Crippen molar-refractivity contribution < 1.29 is 14.3 Å². The van der Waals surface area contributed by atoms with Gasteiger partial charge in [-0.2, -0.15) is 0 Å². The van der Waals surface area contributed by atoms with Crippen LogP contribution in [0, 0.1) is 0 Å². The van der Waals surface area contributed by atoms with E-state index >= 15 is 0 Å². The molecule has 0 N–H and O–H groups in total. The lowest BCUT2D eigenvalue weighted by Crippen LogP contribution is -2.22. The number of amides is 1. The summed E-state index contributed by atoms with van der Waals surface area (Å²) in [7, 11) is 3.23. The first-order valence-corrected chi connectivity index (χ1v) is 6.80. The van der Waals surface area contributed by atoms with Gasteiger partial charge in [0.15, 0.2) is 5.76 Å². The highest BCUT2D eigenvalue weighted by molar-refractivity contribution is 7.80. The van der Waals surface area contributed by atoms with Crippen molar-refractivity contribution in [3.8, 4) is 5.75 Å². The third kappa shape index (κ3) is 2.25. The lowest BCUT2D eigenvalue weighted by Gasteiger charge is -2.08. The van der Waals surface area contributed by atoms with Gasteiger partial charge in [-0.1, -0.05) is 30.3 Å². The van der Waals surface area contributed by atoms with Crippen LogP contribution < -0.4 is 4.74 Å². The quantitative estimate of drug-likeness (QED) is 0.631. The molecule has 0 bridgehead atoms. The molecule has 2 aromatic carbocycles. The van der Waals surface area contributed by atoms with Crippen LogP contribution in [0.4, 0.5) is 0 Å². The summed E-state index contributed by atoms with van der Waals surface area (Å²) in [5.41, 5.74) is 0.882. The zero-order valence-corrected chi connectivity index (χ0v) is 12.4. The summed E-state index contributed by atoms with van der Waals surface area (Å²) in [6.45, 7) is 0. The van der Waals surface area contributed by atoms with Crippen molar-refractivity contribution in [1.29, 1.82) is 0 Å². The van der Waals surface area contributed by atoms with E-state index in [9.17, 15) is 4.79 Å². The molecule has 0 saturated carbocycles. The first-order chi connectivity index (χ1) is 10.1. The Balaban J connectivity index is 2.14. The predicted octanol–water partition coefficient (Wildman–Crippen LogP) is 2.96. The van der Waals surface area contributed by atoms with Crippen molar-refractivity contribution in [3.63, 3.8) is 0 Å². The van der Waals surface area contributed by atoms with E-state index in [4.69, 9.17) is 21.7 Å². The first kappa shape index (κ1) is 13.6. The summed E-state index contributed by atoms with van der Waals surface area (Å²) < 4.78 is 10.7. The standard InChI is InChI=1S/C16H13NO3S/c1-17-15(18)14(20-16(17)21)9-10-7-8-13(19-2)12-6-4-3-5-11(10)12/h3-9H,1-2H3. The van der Waals surface area contributed by atoms with Crippen LogP contribution in [0.15, 0.2) is 42.2 Å². The fraction of sp³-hybridized carbons (Fsp3) is 0.125. The van der Waals surface area contributed by atoms with Gasteiger partial charge < -0.3 is 9.47 Å². The molecule has 2 aromatic rings. The van der Waals surface area contributed by atoms with Gasteiger partial charge in [-0.05, 0) is 35.3 Å². The largest absolute Gasteiger partial charge is 0.496 e. The Hall–Kier alpha value is -2.40. The molecule has 1 fully saturated rings. The van der Waals surface area contributed by atoms with Crippen LogP contribution in [-0.4, -0.2) is 30.1 Å². The number of hydrogen-bond acceptors (Lipinski definition) is 4. The molecule has 1 aliphatic rings. The molecule has 5 heteroatoms. The van der Waals surface area contributed by atoms with Crippen molar-refractivity contribution in [2.24, 2.45) is 0 Å². The van der Waals surface area contributed by atoms with E-state index in [1.54, 1.807) is 20.2 Å². The molecule has 0 unspecified atom stereocenters. The van der Waals surface area contributed by atoms with Gasteiger partial charge in [0, 0.05) is 12.4 Å². The van der Waals surface area contributed by atoms with Gasteiger partial charge in [0.1, 0.15) is 5.75 Å². The van der Waals surface area contributed by atoms with Crippen molar-refractivity contribution in [2.45, 2.75) is 0 Å². The SMILES string of the molecule is COc1ccc(C=C2OC(=S)N(C)C2=O)c2ccccc12. The zero-order chi connectivity index (χ0) is 15.0. The Kier molecular flexibility index (Phi) is 3.35. The van der Waals surface area contributed by atoms with Crippen LogP contribution in [0.1, 0.15) is 5.56 Å². The zero-order valence-electron chi connectivity index (χ0n) is 11.6. The summed E-state index contributed by atoms with van der Waals surface area (Å²) in [6.07, 6.45) is 1.71. The number of hydrogen-bond donors (Lipinski definition) is 0. The van der Waals surface area contributed by atoms with Crippen LogP contribution in [0.3, 0.4) is 0 Å². The Morgan fingerprint density at radius 1 is 1.19 bits per heavy atom. The molecule has 0 spiro atoms. The van der Waals surface area contributed by atoms with E-state index in [0.717, 1.165) is 22.1 Å². The second-order valence-electron chi connectivity index (χ2n) is 4.64. The molecule has 0 aromatic heterocycles. The molecule has 1 saturated heterocycles. The molecule has 1 amide bonds. The van der Waals surface area contributed by atoms with Gasteiger partial charge in [-0.25, -0.2) is 0 Å². The Morgan fingerprint density at radius 3 is 2.52 bits per heavy atom. The summed E-state index contributed by atoms with van der Waals surface area (Å²) in [5.74, 6) is 0.789. The minimum absolute atomic E-state index is 0.170. The molecule has 0 radical (unpaired) electrons. The Bertz CT molecular complexity index is 782. The van der Waals surface area contributed by atoms with Gasteiger partial charge in [-0.15, -0.1) is 0 Å². The fourth-order valence-electron chi connectivity index (χ4n) is 2.29. The number of fused-ring (bicyclic) bond motifs is 1. The number of carbonyl (C=O) groups is 1. The lowest BCUT2D eigenvalue weighted by molar-refractivity contribution is -0.122. The van der Waals surface area contributed by atoms with Gasteiger partial charge in [-0.3, -0.25) is 9.69 Å². The minimum atomic E-state index is -0.236. The monoisotopic (exact) mass is 299 g/mol. The first-order valence-electron chi connectivity index (χ1n) is 6.39. The van der Waals surface area contributed by atoms with Crippen molar-refractivity contribution in [1.82, 2.24) is 4.90 Å². The van der Waals surface area contributed by atoms with E-state index < -0.39 is 0 Å². The van der Waals surface area contributed by atoms with E-state index in [1.165, 1.54) is 4.90 Å². The molecule has 21 heavy (non-hydrogen) atoms. The third-order valence-electron chi connectivity index (χ3n) is 3.41. The maximum Gasteiger partial charge on any atom is 0.296 e. The summed E-state index contributed by atoms with van der Waals surface area (Å²) in [6, 6.07) is 11.6. The van der Waals surface area contributed by atoms with E-state index in [1.807, 2.05) is 36.4 Å². The van der Waals surface area contributed by atoms with E-state index in [2.05, 4.69) is 0 Å². The van der Waals surface area contributed by atoms with E-state index in [0.29, 0.717) is 0 Å². The van der Waals surface area contributed by atoms with Gasteiger partial charge in [0.25, 0.3) is 11.1 Å². The molecule has 4 nitrogen and oxygen atoms in total. The smallest absolute Gasteiger partial charge is 0.296 e. The number of ether oxygens (including phenoxy) is 2. The summed E-state index contributed by atoms with van der Waals surface area (Å²) in [5, 5.41) is 2.14. The summed E-state index contributed by atoms with van der Waals surface area (Å²) >= 11 is 4.97. The molecule has 106 valence electrons. The van der Waals surface area contributed by atoms with Crippen molar-refractivity contribution in [2.75, 3.05) is 14.2 Å². The van der Waals surface area contributed by atoms with Gasteiger partial charge in [0.05, 0.1) is 7.11 Å². The van der Waals surface area contributed by atoms with Crippen molar-refractivity contribution in [3.05, 3.63) is 47.7 Å². The van der Waals surface area contributed by atoms with Crippen LogP contribution in [0.2, 0.25) is 0 Å². The van der Waals surface area contributed by atoms with Gasteiger partial charge >= 0.3 is 0 Å². The second kappa shape index (κ2) is 5.18. The lowest BCUT2D eigenvalue weighted by atomic mass is 10.0. The fourth-order valence-corrected chi connectivity index (χ4v) is 2.46. The minimum Gasteiger partial charge on any atom is -0.496 e. The molecule has 1 heterocycles. The van der Waals surface area contributed by atoms with Crippen LogP contribution in [-0.2, 0) is 9.53 Å². The number of carbonyl (C=O) groups excluding carboxylic acids is 1. The second-order valence-corrected chi connectivity index (χ2v) is 4.99. The molecule has 0 aliphatic carbocycles. The highest BCUT2D eigenvalue weighted by Crippen LogP contribution is 2.30. The average molecular weight is 299 g/mol. The topological polar surface area (TPSA) is 38.8 Å². The maximum absolute atomic E-state index is 12.0. The highest BCUT2D eigenvalue weighted by atomic mass is 32.1. The summed E-state index contributed by atoms with van der Waals surface area (Å²) in [4.78, 5) is 13.3. The van der Waals surface area contributed by atoms with Crippen LogP contribution >= 0.6 is 12.2 Å². The molecule has 3 rings (SSSR count). The molecule has 1 aliphatic heterocycles. The van der Waals surface area contributed by atoms with Gasteiger partial charge in [0.2, 0.25) is 0 Å². The predicted molar refractivity (Wildman–Crippen MR) is 84.9 cm³/mol. The van der Waals surface area contributed by atoms with Crippen LogP contribution in [0.5, 0.6) is 5.75 Å². The number of likely N-dealkylation sites (N-methyl/N-ethyl adjacent to an activating group) is 1. The number of thiocarbonyl (C=S) groups is 1. The highest BCUT2D eigenvalue weighted by Gasteiger charge is 2.30. The molecule has 0 atom stereocenters. The third-order valence-corrected chi connectivity index (χ3v) is 3.77. The number of rotatable bonds is 2. The van der Waals surface area contributed by atoms with Crippen molar-refractivity contribution >= 4 is 40.1 Å². The maximum atomic E-state index is 12.0. The average Bonchev–Trinajstić information content (AvgIpc) is 2.75. The normalized spacial score (nSPS) is 16.7. The Morgan fingerprint density at radius 2 is 1.90 bits per heavy atom. The van der Waals surface area contributed by atoms with Crippen LogP contribution in [0.25, 0.3) is 16.8 Å². The Labute approximate surface area is 127 Å². The number of nitrogens with zero attached hydrogens (tertiary/aromatic N) is 1. The number of methoxy groups -OCH3 is 1. The van der Waals surface area contributed by atoms with E-state index in [-0.39, 0.29) is 16.8 Å².